The lowest BCUT2D eigenvalue weighted by atomic mass is 10.1. The Bertz CT molecular complexity index is 554. The molecule has 0 aliphatic rings. The summed E-state index contributed by atoms with van der Waals surface area (Å²) >= 11 is 0. The first kappa shape index (κ1) is 14.0. The van der Waals surface area contributed by atoms with Gasteiger partial charge in [-0.1, -0.05) is 13.0 Å². The third kappa shape index (κ3) is 3.33. The second kappa shape index (κ2) is 5.31. The van der Waals surface area contributed by atoms with Crippen molar-refractivity contribution in [3.05, 3.63) is 35.8 Å². The molecule has 2 aromatic rings. The summed E-state index contributed by atoms with van der Waals surface area (Å²) in [6.07, 6.45) is 3.97. The van der Waals surface area contributed by atoms with E-state index in [1.165, 1.54) is 5.56 Å². The van der Waals surface area contributed by atoms with E-state index in [0.717, 1.165) is 24.4 Å². The fraction of sp³-hybridized carbons (Fsp3) is 0.533. The number of fused-ring (bicyclic) bond motifs is 1. The third-order valence-electron chi connectivity index (χ3n) is 3.25. The van der Waals surface area contributed by atoms with E-state index >= 15 is 0 Å². The van der Waals surface area contributed by atoms with Gasteiger partial charge in [0, 0.05) is 19.3 Å². The molecule has 0 atom stereocenters. The van der Waals surface area contributed by atoms with Crippen molar-refractivity contribution in [3.63, 3.8) is 0 Å². The smallest absolute Gasteiger partial charge is 0.139 e. The van der Waals surface area contributed by atoms with Crippen LogP contribution in [-0.2, 0) is 6.54 Å². The summed E-state index contributed by atoms with van der Waals surface area (Å²) in [7, 11) is 0. The van der Waals surface area contributed by atoms with Crippen LogP contribution in [0.2, 0.25) is 0 Å². The maximum atomic E-state index is 9.94. The Balaban J connectivity index is 2.23. The third-order valence-corrected chi connectivity index (χ3v) is 3.25. The zero-order chi connectivity index (χ0) is 14.0. The van der Waals surface area contributed by atoms with Crippen molar-refractivity contribution in [3.8, 4) is 0 Å². The van der Waals surface area contributed by atoms with Crippen LogP contribution in [0, 0.1) is 6.92 Å². The minimum absolute atomic E-state index is 0.655. The molecule has 0 aromatic carbocycles. The van der Waals surface area contributed by atoms with Crippen molar-refractivity contribution in [2.24, 2.45) is 0 Å². The first-order valence-corrected chi connectivity index (χ1v) is 6.77. The molecule has 1 N–H and O–H groups in total. The van der Waals surface area contributed by atoms with Crippen LogP contribution in [0.4, 0.5) is 0 Å². The van der Waals surface area contributed by atoms with Crippen LogP contribution in [0.5, 0.6) is 0 Å². The zero-order valence-corrected chi connectivity index (χ0v) is 12.2. The molecular weight excluding hydrogens is 238 g/mol. The molecule has 0 fully saturated rings. The highest BCUT2D eigenvalue weighted by Gasteiger charge is 2.18. The number of rotatable bonds is 5. The highest BCUT2D eigenvalue weighted by Crippen LogP contribution is 2.14. The molecule has 0 saturated heterocycles. The number of aromatic nitrogens is 2. The minimum atomic E-state index is -0.674. The molecule has 0 saturated carbocycles. The number of nitrogens with zero attached hydrogens (tertiary/aromatic N) is 3. The molecule has 2 rings (SSSR count). The van der Waals surface area contributed by atoms with Gasteiger partial charge in [-0.25, -0.2) is 4.98 Å². The second-order valence-electron chi connectivity index (χ2n) is 5.75. The summed E-state index contributed by atoms with van der Waals surface area (Å²) in [4.78, 5) is 6.70. The van der Waals surface area contributed by atoms with Gasteiger partial charge >= 0.3 is 0 Å². The summed E-state index contributed by atoms with van der Waals surface area (Å²) in [5, 5.41) is 9.94. The number of hydrogen-bond acceptors (Lipinski definition) is 3. The van der Waals surface area contributed by atoms with Gasteiger partial charge in [0.25, 0.3) is 0 Å². The fourth-order valence-corrected chi connectivity index (χ4v) is 2.38. The van der Waals surface area contributed by atoms with Crippen LogP contribution >= 0.6 is 0 Å². The van der Waals surface area contributed by atoms with Gasteiger partial charge in [-0.15, -0.1) is 0 Å². The molecule has 104 valence electrons. The van der Waals surface area contributed by atoms with E-state index < -0.39 is 5.60 Å². The Kier molecular flexibility index (Phi) is 3.92. The lowest BCUT2D eigenvalue weighted by Crippen LogP contribution is -2.38. The molecule has 2 aromatic heterocycles. The van der Waals surface area contributed by atoms with Gasteiger partial charge in [0.1, 0.15) is 5.65 Å². The van der Waals surface area contributed by atoms with Crippen molar-refractivity contribution >= 4 is 5.65 Å². The van der Waals surface area contributed by atoms with Gasteiger partial charge in [-0.3, -0.25) is 4.90 Å². The van der Waals surface area contributed by atoms with Crippen molar-refractivity contribution in [1.29, 1.82) is 0 Å². The molecule has 0 aliphatic carbocycles. The zero-order valence-electron chi connectivity index (χ0n) is 12.2. The van der Waals surface area contributed by atoms with Crippen LogP contribution < -0.4 is 0 Å². The molecule has 0 bridgehead atoms. The number of imidazole rings is 1. The van der Waals surface area contributed by atoms with Gasteiger partial charge < -0.3 is 9.51 Å². The summed E-state index contributed by atoms with van der Waals surface area (Å²) in [6, 6.07) is 4.11. The molecule has 0 spiro atoms. The van der Waals surface area contributed by atoms with Gasteiger partial charge in [0.2, 0.25) is 0 Å². The predicted molar refractivity (Wildman–Crippen MR) is 77.2 cm³/mol. The first-order valence-electron chi connectivity index (χ1n) is 6.77. The van der Waals surface area contributed by atoms with Crippen LogP contribution in [0.3, 0.4) is 0 Å². The monoisotopic (exact) mass is 261 g/mol. The maximum absolute atomic E-state index is 9.94. The average Bonchev–Trinajstić information content (AvgIpc) is 2.71. The highest BCUT2D eigenvalue weighted by atomic mass is 16.3. The molecule has 2 heterocycles. The molecule has 0 aliphatic heterocycles. The Hall–Kier alpha value is -1.39. The van der Waals surface area contributed by atoms with Gasteiger partial charge in [-0.2, -0.15) is 0 Å². The van der Waals surface area contributed by atoms with E-state index in [1.807, 2.05) is 32.3 Å². The molecule has 0 unspecified atom stereocenters. The number of aliphatic hydroxyl groups is 1. The van der Waals surface area contributed by atoms with E-state index in [0.29, 0.717) is 6.54 Å². The van der Waals surface area contributed by atoms with Crippen LogP contribution in [0.1, 0.15) is 32.0 Å². The van der Waals surface area contributed by atoms with E-state index in [4.69, 9.17) is 0 Å². The largest absolute Gasteiger partial charge is 0.389 e. The summed E-state index contributed by atoms with van der Waals surface area (Å²) in [5.74, 6) is 0. The molecule has 0 radical (unpaired) electrons. The predicted octanol–water partition coefficient (Wildman–Crippen LogP) is 2.24. The quantitative estimate of drug-likeness (QED) is 0.897. The lowest BCUT2D eigenvalue weighted by molar-refractivity contribution is 0.0349. The Labute approximate surface area is 114 Å². The lowest BCUT2D eigenvalue weighted by Gasteiger charge is -2.27. The highest BCUT2D eigenvalue weighted by molar-refractivity contribution is 5.48. The summed E-state index contributed by atoms with van der Waals surface area (Å²) in [5.41, 5.74) is 2.67. The van der Waals surface area contributed by atoms with Crippen LogP contribution in [-0.4, -0.2) is 38.1 Å². The normalized spacial score (nSPS) is 12.5. The fourth-order valence-electron chi connectivity index (χ4n) is 2.38. The maximum Gasteiger partial charge on any atom is 0.139 e. The van der Waals surface area contributed by atoms with Gasteiger partial charge in [0.05, 0.1) is 17.5 Å². The Morgan fingerprint density at radius 3 is 2.79 bits per heavy atom. The number of aryl methyl sites for hydroxylation is 1. The van der Waals surface area contributed by atoms with Gasteiger partial charge in [0.15, 0.2) is 0 Å². The Morgan fingerprint density at radius 2 is 2.16 bits per heavy atom. The minimum Gasteiger partial charge on any atom is -0.389 e. The van der Waals surface area contributed by atoms with E-state index in [-0.39, 0.29) is 0 Å². The van der Waals surface area contributed by atoms with E-state index in [9.17, 15) is 5.11 Å². The summed E-state index contributed by atoms with van der Waals surface area (Å²) in [6.45, 7) is 10.2. The van der Waals surface area contributed by atoms with E-state index in [1.54, 1.807) is 0 Å². The second-order valence-corrected chi connectivity index (χ2v) is 5.75. The van der Waals surface area contributed by atoms with E-state index in [2.05, 4.69) is 34.2 Å². The van der Waals surface area contributed by atoms with Crippen molar-refractivity contribution < 1.29 is 5.11 Å². The molecular formula is C15H23N3O. The molecule has 19 heavy (non-hydrogen) atoms. The van der Waals surface area contributed by atoms with Crippen molar-refractivity contribution in [1.82, 2.24) is 14.3 Å². The SMILES string of the molecule is CCN(Cc1cnc2c(C)cccn12)CC(C)(C)O. The molecule has 4 heteroatoms. The average molecular weight is 261 g/mol. The Morgan fingerprint density at radius 1 is 1.42 bits per heavy atom. The number of likely N-dealkylation sites (N-methyl/N-ethyl adjacent to an activating group) is 1. The van der Waals surface area contributed by atoms with Crippen LogP contribution in [0.25, 0.3) is 5.65 Å². The topological polar surface area (TPSA) is 40.8 Å². The van der Waals surface area contributed by atoms with Crippen molar-refractivity contribution in [2.45, 2.75) is 39.8 Å². The molecule has 0 amide bonds. The summed E-state index contributed by atoms with van der Waals surface area (Å²) < 4.78 is 2.13. The van der Waals surface area contributed by atoms with Gasteiger partial charge in [-0.05, 0) is 38.9 Å². The number of pyridine rings is 1. The first-order chi connectivity index (χ1) is 8.90. The van der Waals surface area contributed by atoms with Crippen molar-refractivity contribution in [2.75, 3.05) is 13.1 Å². The standard InChI is InChI=1S/C15H23N3O/c1-5-17(11-15(3,4)19)10-13-9-16-14-12(2)7-6-8-18(13)14/h6-9,19H,5,10-11H2,1-4H3. The molecule has 4 nitrogen and oxygen atoms in total. The van der Waals surface area contributed by atoms with Crippen LogP contribution in [0.15, 0.2) is 24.5 Å². The number of hydrogen-bond donors (Lipinski definition) is 1.